The molecule has 3 heterocycles. The van der Waals surface area contributed by atoms with Gasteiger partial charge in [-0.1, -0.05) is 47.7 Å². The van der Waals surface area contributed by atoms with Crippen LogP contribution in [-0.2, 0) is 6.54 Å². The van der Waals surface area contributed by atoms with Gasteiger partial charge in [-0.05, 0) is 25.0 Å². The third kappa shape index (κ3) is 3.36. The molecule has 0 saturated carbocycles. The fourth-order valence-electron chi connectivity index (χ4n) is 3.83. The van der Waals surface area contributed by atoms with Crippen molar-refractivity contribution in [2.45, 2.75) is 25.4 Å². The van der Waals surface area contributed by atoms with E-state index in [4.69, 9.17) is 4.98 Å². The van der Waals surface area contributed by atoms with Crippen LogP contribution in [-0.4, -0.2) is 43.0 Å². The number of aromatic nitrogens is 5. The van der Waals surface area contributed by atoms with E-state index in [0.717, 1.165) is 60.6 Å². The Kier molecular flexibility index (Phi) is 4.18. The predicted molar refractivity (Wildman–Crippen MR) is 105 cm³/mol. The number of piperidine rings is 1. The van der Waals surface area contributed by atoms with Crippen LogP contribution in [0.3, 0.4) is 0 Å². The largest absolute Gasteiger partial charge is 0.341 e. The lowest BCUT2D eigenvalue weighted by molar-refractivity contribution is 0.169. The van der Waals surface area contributed by atoms with Crippen molar-refractivity contribution in [3.05, 3.63) is 66.6 Å². The van der Waals surface area contributed by atoms with Gasteiger partial charge in [-0.15, -0.1) is 5.10 Å². The van der Waals surface area contributed by atoms with Crippen molar-refractivity contribution in [3.63, 3.8) is 0 Å². The molecule has 5 rings (SSSR count). The van der Waals surface area contributed by atoms with E-state index in [0.29, 0.717) is 6.04 Å². The Morgan fingerprint density at radius 3 is 2.56 bits per heavy atom. The normalized spacial score (nSPS) is 16.1. The van der Waals surface area contributed by atoms with Crippen LogP contribution in [0.2, 0.25) is 0 Å². The SMILES string of the molecule is c1ccc(-c2cn(C3CCN(Cc4nc5ccccc5[nH]4)CC3)nn2)cc1. The van der Waals surface area contributed by atoms with E-state index in [9.17, 15) is 0 Å². The zero-order chi connectivity index (χ0) is 18.1. The van der Waals surface area contributed by atoms with Crippen molar-refractivity contribution in [2.75, 3.05) is 13.1 Å². The Hall–Kier alpha value is -2.99. The molecule has 6 heteroatoms. The second kappa shape index (κ2) is 6.96. The maximum Gasteiger partial charge on any atom is 0.121 e. The van der Waals surface area contributed by atoms with E-state index in [1.165, 1.54) is 0 Å². The van der Waals surface area contributed by atoms with Gasteiger partial charge in [0, 0.05) is 18.7 Å². The summed E-state index contributed by atoms with van der Waals surface area (Å²) in [7, 11) is 0. The minimum atomic E-state index is 0.418. The highest BCUT2D eigenvalue weighted by atomic mass is 15.4. The summed E-state index contributed by atoms with van der Waals surface area (Å²) in [6, 6.07) is 18.8. The van der Waals surface area contributed by atoms with E-state index in [-0.39, 0.29) is 0 Å². The molecule has 4 aromatic rings. The smallest absolute Gasteiger partial charge is 0.121 e. The van der Waals surface area contributed by atoms with Crippen molar-refractivity contribution in [1.82, 2.24) is 29.9 Å². The Balaban J connectivity index is 1.22. The molecule has 1 fully saturated rings. The zero-order valence-electron chi connectivity index (χ0n) is 15.1. The van der Waals surface area contributed by atoms with Crippen molar-refractivity contribution in [1.29, 1.82) is 0 Å². The number of H-pyrrole nitrogens is 1. The number of para-hydroxylation sites is 2. The molecule has 6 nitrogen and oxygen atoms in total. The average molecular weight is 358 g/mol. The maximum atomic E-state index is 4.70. The summed E-state index contributed by atoms with van der Waals surface area (Å²) >= 11 is 0. The van der Waals surface area contributed by atoms with Gasteiger partial charge >= 0.3 is 0 Å². The van der Waals surface area contributed by atoms with Gasteiger partial charge in [0.15, 0.2) is 0 Å². The molecule has 0 amide bonds. The number of likely N-dealkylation sites (tertiary alicyclic amines) is 1. The van der Waals surface area contributed by atoms with Gasteiger partial charge in [-0.2, -0.15) is 0 Å². The predicted octanol–water partition coefficient (Wildman–Crippen LogP) is 3.66. The third-order valence-electron chi connectivity index (χ3n) is 5.32. The number of fused-ring (bicyclic) bond motifs is 1. The topological polar surface area (TPSA) is 62.6 Å². The first-order valence-electron chi connectivity index (χ1n) is 9.48. The standard InChI is InChI=1S/C21H22N6/c1-2-6-16(7-3-1)20-14-27(25-24-20)17-10-12-26(13-11-17)15-21-22-18-8-4-5-9-19(18)23-21/h1-9,14,17H,10-13,15H2,(H,22,23). The van der Waals surface area contributed by atoms with Crippen LogP contribution in [0, 0.1) is 0 Å². The van der Waals surface area contributed by atoms with Gasteiger partial charge in [0.1, 0.15) is 11.5 Å². The Morgan fingerprint density at radius 2 is 1.74 bits per heavy atom. The first-order valence-corrected chi connectivity index (χ1v) is 9.48. The number of hydrogen-bond donors (Lipinski definition) is 1. The molecule has 1 aliphatic heterocycles. The van der Waals surface area contributed by atoms with Gasteiger partial charge in [-0.25, -0.2) is 9.67 Å². The number of rotatable bonds is 4. The summed E-state index contributed by atoms with van der Waals surface area (Å²) in [4.78, 5) is 10.6. The highest BCUT2D eigenvalue weighted by Gasteiger charge is 2.22. The average Bonchev–Trinajstić information content (AvgIpc) is 3.36. The lowest BCUT2D eigenvalue weighted by Crippen LogP contribution is -2.34. The second-order valence-corrected chi connectivity index (χ2v) is 7.16. The number of aromatic amines is 1. The van der Waals surface area contributed by atoms with Crippen LogP contribution in [0.25, 0.3) is 22.3 Å². The number of benzene rings is 2. The zero-order valence-corrected chi connectivity index (χ0v) is 15.1. The van der Waals surface area contributed by atoms with E-state index >= 15 is 0 Å². The van der Waals surface area contributed by atoms with Gasteiger partial charge in [-0.3, -0.25) is 4.90 Å². The highest BCUT2D eigenvalue weighted by molar-refractivity contribution is 5.74. The van der Waals surface area contributed by atoms with Crippen molar-refractivity contribution >= 4 is 11.0 Å². The molecule has 0 bridgehead atoms. The summed E-state index contributed by atoms with van der Waals surface area (Å²) < 4.78 is 2.04. The molecule has 0 spiro atoms. The lowest BCUT2D eigenvalue weighted by atomic mass is 10.1. The maximum absolute atomic E-state index is 4.70. The molecule has 136 valence electrons. The second-order valence-electron chi connectivity index (χ2n) is 7.16. The van der Waals surface area contributed by atoms with Crippen LogP contribution in [0.1, 0.15) is 24.7 Å². The third-order valence-corrected chi connectivity index (χ3v) is 5.32. The lowest BCUT2D eigenvalue weighted by Gasteiger charge is -2.31. The first kappa shape index (κ1) is 16.2. The number of nitrogens with zero attached hydrogens (tertiary/aromatic N) is 5. The van der Waals surface area contributed by atoms with Crippen LogP contribution in [0.5, 0.6) is 0 Å². The van der Waals surface area contributed by atoms with Crippen LogP contribution in [0.15, 0.2) is 60.8 Å². The molecule has 1 aliphatic rings. The Morgan fingerprint density at radius 1 is 0.963 bits per heavy atom. The van der Waals surface area contributed by atoms with Gasteiger partial charge in [0.05, 0.1) is 29.8 Å². The summed E-state index contributed by atoms with van der Waals surface area (Å²) in [6.45, 7) is 2.96. The van der Waals surface area contributed by atoms with E-state index < -0.39 is 0 Å². The number of nitrogens with one attached hydrogen (secondary N) is 1. The number of imidazole rings is 1. The van der Waals surface area contributed by atoms with E-state index in [1.807, 2.05) is 35.0 Å². The van der Waals surface area contributed by atoms with Crippen LogP contribution < -0.4 is 0 Å². The fraction of sp³-hybridized carbons (Fsp3) is 0.286. The highest BCUT2D eigenvalue weighted by Crippen LogP contribution is 2.25. The van der Waals surface area contributed by atoms with Crippen molar-refractivity contribution < 1.29 is 0 Å². The van der Waals surface area contributed by atoms with Crippen LogP contribution in [0.4, 0.5) is 0 Å². The molecular weight excluding hydrogens is 336 g/mol. The van der Waals surface area contributed by atoms with Crippen molar-refractivity contribution in [2.24, 2.45) is 0 Å². The quantitative estimate of drug-likeness (QED) is 0.605. The number of hydrogen-bond acceptors (Lipinski definition) is 4. The molecule has 2 aromatic carbocycles. The fourth-order valence-corrected chi connectivity index (χ4v) is 3.83. The van der Waals surface area contributed by atoms with E-state index in [1.54, 1.807) is 0 Å². The molecule has 0 radical (unpaired) electrons. The molecule has 0 unspecified atom stereocenters. The van der Waals surface area contributed by atoms with E-state index in [2.05, 4.69) is 50.7 Å². The summed E-state index contributed by atoms with van der Waals surface area (Å²) in [5, 5.41) is 8.74. The van der Waals surface area contributed by atoms with Gasteiger partial charge < -0.3 is 4.98 Å². The molecule has 1 saturated heterocycles. The van der Waals surface area contributed by atoms with Gasteiger partial charge in [0.2, 0.25) is 0 Å². The van der Waals surface area contributed by atoms with Crippen LogP contribution >= 0.6 is 0 Å². The minimum Gasteiger partial charge on any atom is -0.341 e. The molecule has 27 heavy (non-hydrogen) atoms. The molecule has 2 aromatic heterocycles. The summed E-state index contributed by atoms with van der Waals surface area (Å²) in [5.74, 6) is 1.04. The minimum absolute atomic E-state index is 0.418. The Labute approximate surface area is 157 Å². The summed E-state index contributed by atoms with van der Waals surface area (Å²) in [6.07, 6.45) is 4.24. The molecule has 0 aliphatic carbocycles. The monoisotopic (exact) mass is 358 g/mol. The summed E-state index contributed by atoms with van der Waals surface area (Å²) in [5.41, 5.74) is 4.21. The molecule has 0 atom stereocenters. The van der Waals surface area contributed by atoms with Crippen molar-refractivity contribution in [3.8, 4) is 11.3 Å². The first-order chi connectivity index (χ1) is 13.3. The molecule has 1 N–H and O–H groups in total. The Bertz CT molecular complexity index is 994. The molecular formula is C21H22N6. The van der Waals surface area contributed by atoms with Gasteiger partial charge in [0.25, 0.3) is 0 Å².